The number of rotatable bonds is 8. The maximum Gasteiger partial charge on any atom is 0.119 e. The fourth-order valence-corrected chi connectivity index (χ4v) is 3.10. The van der Waals surface area contributed by atoms with Crippen molar-refractivity contribution in [3.8, 4) is 5.75 Å². The van der Waals surface area contributed by atoms with Gasteiger partial charge >= 0.3 is 0 Å². The number of nitrogens with zero attached hydrogens (tertiary/aromatic N) is 1. The van der Waals surface area contributed by atoms with E-state index in [1.165, 1.54) is 5.56 Å². The first-order valence-electron chi connectivity index (χ1n) is 7.62. The fourth-order valence-electron chi connectivity index (χ4n) is 2.69. The number of ether oxygens (including phenoxy) is 1. The van der Waals surface area contributed by atoms with E-state index in [4.69, 9.17) is 4.74 Å². The zero-order chi connectivity index (χ0) is 16.0. The summed E-state index contributed by atoms with van der Waals surface area (Å²) in [7, 11) is 6.04. The highest BCUT2D eigenvalue weighted by Crippen LogP contribution is 2.28. The molecule has 120 valence electrons. The minimum atomic E-state index is 0.110. The second-order valence-electron chi connectivity index (χ2n) is 5.88. The average Bonchev–Trinajstić information content (AvgIpc) is 2.47. The van der Waals surface area contributed by atoms with Crippen LogP contribution in [0.4, 0.5) is 0 Å². The second kappa shape index (κ2) is 8.16. The van der Waals surface area contributed by atoms with E-state index in [0.29, 0.717) is 6.04 Å². The summed E-state index contributed by atoms with van der Waals surface area (Å²) in [5, 5.41) is 3.67. The van der Waals surface area contributed by atoms with Crippen LogP contribution in [0.25, 0.3) is 0 Å². The normalized spacial score (nSPS) is 15.8. The van der Waals surface area contributed by atoms with Crippen LogP contribution >= 0.6 is 15.9 Å². The Hall–Kier alpha value is -0.580. The minimum absolute atomic E-state index is 0.110. The van der Waals surface area contributed by atoms with Gasteiger partial charge in [0.25, 0.3) is 0 Å². The Morgan fingerprint density at radius 3 is 2.48 bits per heavy atom. The Kier molecular flexibility index (Phi) is 7.17. The van der Waals surface area contributed by atoms with Crippen molar-refractivity contribution in [1.82, 2.24) is 10.2 Å². The molecule has 1 aromatic rings. The molecule has 1 N–H and O–H groups in total. The molecule has 21 heavy (non-hydrogen) atoms. The Morgan fingerprint density at radius 2 is 2.00 bits per heavy atom. The van der Waals surface area contributed by atoms with Crippen LogP contribution in [0.1, 0.15) is 32.8 Å². The maximum absolute atomic E-state index is 5.36. The zero-order valence-corrected chi connectivity index (χ0v) is 15.8. The van der Waals surface area contributed by atoms with E-state index < -0.39 is 0 Å². The maximum atomic E-state index is 5.36. The van der Waals surface area contributed by atoms with Crippen LogP contribution in [0.2, 0.25) is 0 Å². The van der Waals surface area contributed by atoms with E-state index in [0.717, 1.165) is 29.6 Å². The highest BCUT2D eigenvalue weighted by Gasteiger charge is 2.34. The van der Waals surface area contributed by atoms with Crippen molar-refractivity contribution in [1.29, 1.82) is 0 Å². The number of halogens is 1. The molecule has 0 aromatic heterocycles. The Balaban J connectivity index is 3.08. The standard InChI is InChI=1S/C17H29BrN2O/c1-7-17(3,20(4)5)16(19-8-2)12-13-11-14(21-6)9-10-15(13)18/h9-11,16,19H,7-8,12H2,1-6H3. The zero-order valence-electron chi connectivity index (χ0n) is 14.2. The summed E-state index contributed by atoms with van der Waals surface area (Å²) in [6, 6.07) is 6.56. The molecule has 0 heterocycles. The molecule has 3 nitrogen and oxygen atoms in total. The van der Waals surface area contributed by atoms with Crippen molar-refractivity contribution in [2.75, 3.05) is 27.7 Å². The van der Waals surface area contributed by atoms with Crippen LogP contribution in [0.3, 0.4) is 0 Å². The van der Waals surface area contributed by atoms with Gasteiger partial charge in [-0.25, -0.2) is 0 Å². The molecule has 4 heteroatoms. The van der Waals surface area contributed by atoms with Crippen molar-refractivity contribution >= 4 is 15.9 Å². The summed E-state index contributed by atoms with van der Waals surface area (Å²) >= 11 is 3.67. The molecule has 0 spiro atoms. The van der Waals surface area contributed by atoms with E-state index in [2.05, 4.69) is 73.1 Å². The predicted molar refractivity (Wildman–Crippen MR) is 94.2 cm³/mol. The first-order chi connectivity index (χ1) is 9.88. The molecular weight excluding hydrogens is 328 g/mol. The van der Waals surface area contributed by atoms with Crippen LogP contribution in [0.5, 0.6) is 5.75 Å². The summed E-state index contributed by atoms with van der Waals surface area (Å²) in [6.45, 7) is 7.72. The molecular formula is C17H29BrN2O. The average molecular weight is 357 g/mol. The van der Waals surface area contributed by atoms with Gasteiger partial charge in [0.2, 0.25) is 0 Å². The van der Waals surface area contributed by atoms with E-state index in [1.807, 2.05) is 6.07 Å². The largest absolute Gasteiger partial charge is 0.497 e. The van der Waals surface area contributed by atoms with Crippen molar-refractivity contribution < 1.29 is 4.74 Å². The topological polar surface area (TPSA) is 24.5 Å². The molecule has 1 rings (SSSR count). The van der Waals surface area contributed by atoms with Gasteiger partial charge in [-0.05, 0) is 64.2 Å². The monoisotopic (exact) mass is 356 g/mol. The van der Waals surface area contributed by atoms with Gasteiger partial charge in [-0.2, -0.15) is 0 Å². The van der Waals surface area contributed by atoms with Crippen molar-refractivity contribution in [3.05, 3.63) is 28.2 Å². The first kappa shape index (κ1) is 18.5. The van der Waals surface area contributed by atoms with E-state index in [9.17, 15) is 0 Å². The quantitative estimate of drug-likeness (QED) is 0.768. The molecule has 0 amide bonds. The lowest BCUT2D eigenvalue weighted by Gasteiger charge is -2.43. The molecule has 0 fully saturated rings. The van der Waals surface area contributed by atoms with Gasteiger partial charge in [0.15, 0.2) is 0 Å². The van der Waals surface area contributed by atoms with E-state index in [-0.39, 0.29) is 5.54 Å². The number of benzene rings is 1. The van der Waals surface area contributed by atoms with Gasteiger partial charge in [-0.15, -0.1) is 0 Å². The molecule has 2 atom stereocenters. The van der Waals surface area contributed by atoms with Gasteiger partial charge in [-0.1, -0.05) is 29.8 Å². The molecule has 0 bridgehead atoms. The lowest BCUT2D eigenvalue weighted by atomic mass is 9.84. The molecule has 1 aromatic carbocycles. The minimum Gasteiger partial charge on any atom is -0.497 e. The molecule has 0 aliphatic carbocycles. The molecule has 0 saturated heterocycles. The van der Waals surface area contributed by atoms with Crippen LogP contribution in [-0.4, -0.2) is 44.2 Å². The lowest BCUT2D eigenvalue weighted by Crippen LogP contribution is -2.57. The van der Waals surface area contributed by atoms with E-state index in [1.54, 1.807) is 7.11 Å². The van der Waals surface area contributed by atoms with Crippen LogP contribution in [0, 0.1) is 0 Å². The second-order valence-corrected chi connectivity index (χ2v) is 6.73. The van der Waals surface area contributed by atoms with Crippen molar-refractivity contribution in [3.63, 3.8) is 0 Å². The smallest absolute Gasteiger partial charge is 0.119 e. The molecule has 0 saturated carbocycles. The third kappa shape index (κ3) is 4.44. The molecule has 2 unspecified atom stereocenters. The fraction of sp³-hybridized carbons (Fsp3) is 0.647. The number of hydrogen-bond acceptors (Lipinski definition) is 3. The Labute approximate surface area is 138 Å². The summed E-state index contributed by atoms with van der Waals surface area (Å²) in [6.07, 6.45) is 2.06. The third-order valence-corrected chi connectivity index (χ3v) is 5.39. The SMILES string of the molecule is CCNC(Cc1cc(OC)ccc1Br)C(C)(CC)N(C)C. The highest BCUT2D eigenvalue weighted by molar-refractivity contribution is 9.10. The van der Waals surface area contributed by atoms with E-state index >= 15 is 0 Å². The summed E-state index contributed by atoms with van der Waals surface area (Å²) in [4.78, 5) is 2.33. The number of hydrogen-bond donors (Lipinski definition) is 1. The van der Waals surface area contributed by atoms with Crippen molar-refractivity contribution in [2.24, 2.45) is 0 Å². The van der Waals surface area contributed by atoms with Crippen LogP contribution in [-0.2, 0) is 6.42 Å². The van der Waals surface area contributed by atoms with Gasteiger partial charge in [-0.3, -0.25) is 0 Å². The number of likely N-dealkylation sites (N-methyl/N-ethyl adjacent to an activating group) is 2. The molecule has 0 radical (unpaired) electrons. The Morgan fingerprint density at radius 1 is 1.33 bits per heavy atom. The van der Waals surface area contributed by atoms with Crippen molar-refractivity contribution in [2.45, 2.75) is 45.2 Å². The first-order valence-corrected chi connectivity index (χ1v) is 8.41. The molecule has 0 aliphatic heterocycles. The van der Waals surface area contributed by atoms with Gasteiger partial charge in [0.1, 0.15) is 5.75 Å². The third-order valence-electron chi connectivity index (χ3n) is 4.62. The highest BCUT2D eigenvalue weighted by atomic mass is 79.9. The Bertz CT molecular complexity index is 450. The van der Waals surface area contributed by atoms with Gasteiger partial charge < -0.3 is 15.0 Å². The summed E-state index contributed by atoms with van der Waals surface area (Å²) in [5.41, 5.74) is 1.39. The number of methoxy groups -OCH3 is 1. The van der Waals surface area contributed by atoms with Crippen LogP contribution < -0.4 is 10.1 Å². The van der Waals surface area contributed by atoms with Gasteiger partial charge in [0, 0.05) is 16.1 Å². The number of nitrogens with one attached hydrogen (secondary N) is 1. The van der Waals surface area contributed by atoms with Crippen LogP contribution in [0.15, 0.2) is 22.7 Å². The summed E-state index contributed by atoms with van der Waals surface area (Å²) in [5.74, 6) is 0.909. The van der Waals surface area contributed by atoms with Gasteiger partial charge in [0.05, 0.1) is 7.11 Å². The summed E-state index contributed by atoms with van der Waals surface area (Å²) < 4.78 is 6.50. The lowest BCUT2D eigenvalue weighted by molar-refractivity contribution is 0.113. The predicted octanol–water partition coefficient (Wildman–Crippen LogP) is 3.71. The molecule has 0 aliphatic rings.